The minimum Gasteiger partial charge on any atom is -0.497 e. The molecule has 0 fully saturated rings. The molecule has 4 aromatic rings. The molecule has 0 aliphatic carbocycles. The van der Waals surface area contributed by atoms with Crippen molar-refractivity contribution >= 4 is 40.5 Å². The van der Waals surface area contributed by atoms with E-state index < -0.39 is 11.9 Å². The summed E-state index contributed by atoms with van der Waals surface area (Å²) in [5.41, 5.74) is 3.20. The maximum absolute atomic E-state index is 12.7. The Kier molecular flexibility index (Phi) is 7.60. The lowest BCUT2D eigenvalue weighted by molar-refractivity contribution is -0.123. The lowest BCUT2D eigenvalue weighted by atomic mass is 10.0. The van der Waals surface area contributed by atoms with Crippen LogP contribution in [0.1, 0.15) is 15.9 Å². The number of carbonyl (C=O) groups is 2. The molecule has 0 bridgehead atoms. The molecule has 0 aliphatic rings. The predicted octanol–water partition coefficient (Wildman–Crippen LogP) is 5.25. The van der Waals surface area contributed by atoms with Gasteiger partial charge in [-0.1, -0.05) is 54.1 Å². The molecular weight excluding hydrogens is 468 g/mol. The fourth-order valence-electron chi connectivity index (χ4n) is 3.30. The van der Waals surface area contributed by atoms with Gasteiger partial charge in [0.2, 0.25) is 0 Å². The van der Waals surface area contributed by atoms with Gasteiger partial charge in [-0.2, -0.15) is 5.10 Å². The van der Waals surface area contributed by atoms with Gasteiger partial charge in [0.15, 0.2) is 6.61 Å². The highest BCUT2D eigenvalue weighted by Crippen LogP contribution is 2.28. The number of methoxy groups -OCH3 is 1. The summed E-state index contributed by atoms with van der Waals surface area (Å²) < 4.78 is 16.2. The number of amides is 1. The average Bonchev–Trinajstić information content (AvgIpc) is 2.89. The van der Waals surface area contributed by atoms with Crippen molar-refractivity contribution in [1.29, 1.82) is 0 Å². The van der Waals surface area contributed by atoms with Crippen molar-refractivity contribution in [2.24, 2.45) is 5.10 Å². The van der Waals surface area contributed by atoms with Crippen molar-refractivity contribution in [3.05, 3.63) is 101 Å². The number of fused-ring (bicyclic) bond motifs is 1. The normalized spacial score (nSPS) is 10.8. The summed E-state index contributed by atoms with van der Waals surface area (Å²) >= 11 is 6.13. The van der Waals surface area contributed by atoms with Gasteiger partial charge in [-0.15, -0.1) is 0 Å². The third-order valence-corrected chi connectivity index (χ3v) is 5.37. The van der Waals surface area contributed by atoms with Gasteiger partial charge in [0, 0.05) is 5.56 Å². The van der Waals surface area contributed by atoms with Crippen LogP contribution in [-0.2, 0) is 4.79 Å². The van der Waals surface area contributed by atoms with Gasteiger partial charge >= 0.3 is 5.97 Å². The SMILES string of the molecule is COc1ccc(OCC(=O)N/N=C\c2c(OC(=O)c3ccccc3Cl)ccc3ccccc23)cc1. The van der Waals surface area contributed by atoms with Gasteiger partial charge in [0.05, 0.1) is 23.9 Å². The Morgan fingerprint density at radius 1 is 0.914 bits per heavy atom. The van der Waals surface area contributed by atoms with E-state index in [-0.39, 0.29) is 22.9 Å². The summed E-state index contributed by atoms with van der Waals surface area (Å²) in [4.78, 5) is 24.9. The van der Waals surface area contributed by atoms with Gasteiger partial charge in [-0.3, -0.25) is 4.79 Å². The molecular formula is C27H21ClN2O5. The fourth-order valence-corrected chi connectivity index (χ4v) is 3.51. The zero-order valence-electron chi connectivity index (χ0n) is 18.7. The molecule has 4 rings (SSSR count). The summed E-state index contributed by atoms with van der Waals surface area (Å²) in [5.74, 6) is 0.436. The van der Waals surface area contributed by atoms with E-state index >= 15 is 0 Å². The van der Waals surface area contributed by atoms with Crippen LogP contribution in [0.5, 0.6) is 17.2 Å². The number of hydrazone groups is 1. The lowest BCUT2D eigenvalue weighted by Gasteiger charge is -2.11. The second-order valence-electron chi connectivity index (χ2n) is 7.33. The van der Waals surface area contributed by atoms with Gasteiger partial charge in [0.1, 0.15) is 17.2 Å². The monoisotopic (exact) mass is 488 g/mol. The molecule has 0 unspecified atom stereocenters. The Labute approximate surface area is 206 Å². The number of nitrogens with one attached hydrogen (secondary N) is 1. The van der Waals surface area contributed by atoms with E-state index in [4.69, 9.17) is 25.8 Å². The fraction of sp³-hybridized carbons (Fsp3) is 0.0741. The van der Waals surface area contributed by atoms with E-state index in [9.17, 15) is 9.59 Å². The molecule has 1 N–H and O–H groups in total. The molecule has 7 nitrogen and oxygen atoms in total. The third kappa shape index (κ3) is 5.96. The third-order valence-electron chi connectivity index (χ3n) is 5.04. The van der Waals surface area contributed by atoms with Crippen molar-refractivity contribution in [3.8, 4) is 17.2 Å². The topological polar surface area (TPSA) is 86.2 Å². The number of halogens is 1. The van der Waals surface area contributed by atoms with Crippen LogP contribution in [0.25, 0.3) is 10.8 Å². The quantitative estimate of drug-likeness (QED) is 0.158. The van der Waals surface area contributed by atoms with Crippen molar-refractivity contribution < 1.29 is 23.8 Å². The molecule has 0 spiro atoms. The molecule has 35 heavy (non-hydrogen) atoms. The van der Waals surface area contributed by atoms with Gasteiger partial charge in [-0.25, -0.2) is 10.2 Å². The zero-order valence-corrected chi connectivity index (χ0v) is 19.5. The van der Waals surface area contributed by atoms with Crippen LogP contribution in [0.4, 0.5) is 0 Å². The van der Waals surface area contributed by atoms with Gasteiger partial charge in [0.25, 0.3) is 5.91 Å². The van der Waals surface area contributed by atoms with Gasteiger partial charge < -0.3 is 14.2 Å². The molecule has 176 valence electrons. The first-order valence-corrected chi connectivity index (χ1v) is 11.0. The molecule has 0 aromatic heterocycles. The number of rotatable bonds is 8. The largest absolute Gasteiger partial charge is 0.497 e. The van der Waals surface area contributed by atoms with E-state index in [1.54, 1.807) is 61.7 Å². The first-order valence-electron chi connectivity index (χ1n) is 10.6. The number of carbonyl (C=O) groups excluding carboxylic acids is 2. The summed E-state index contributed by atoms with van der Waals surface area (Å²) in [6, 6.07) is 24.6. The molecule has 8 heteroatoms. The molecule has 0 atom stereocenters. The first-order chi connectivity index (χ1) is 17.0. The van der Waals surface area contributed by atoms with Crippen LogP contribution in [0, 0.1) is 0 Å². The van der Waals surface area contributed by atoms with E-state index in [1.807, 2.05) is 30.3 Å². The van der Waals surface area contributed by atoms with Crippen molar-refractivity contribution in [1.82, 2.24) is 5.43 Å². The van der Waals surface area contributed by atoms with Crippen LogP contribution in [0.15, 0.2) is 90.0 Å². The number of hydrogen-bond acceptors (Lipinski definition) is 6. The first kappa shape index (κ1) is 23.8. The second kappa shape index (κ2) is 11.2. The van der Waals surface area contributed by atoms with Crippen molar-refractivity contribution in [2.45, 2.75) is 0 Å². The molecule has 4 aromatic carbocycles. The molecule has 0 aliphatic heterocycles. The summed E-state index contributed by atoms with van der Waals surface area (Å²) in [5, 5.41) is 6.05. The van der Waals surface area contributed by atoms with Crippen molar-refractivity contribution in [2.75, 3.05) is 13.7 Å². The molecule has 0 radical (unpaired) electrons. The summed E-state index contributed by atoms with van der Waals surface area (Å²) in [6.07, 6.45) is 1.43. The summed E-state index contributed by atoms with van der Waals surface area (Å²) in [6.45, 7) is -0.229. The maximum Gasteiger partial charge on any atom is 0.345 e. The highest BCUT2D eigenvalue weighted by molar-refractivity contribution is 6.33. The minimum atomic E-state index is -0.600. The van der Waals surface area contributed by atoms with Crippen LogP contribution in [0.2, 0.25) is 5.02 Å². The number of hydrogen-bond donors (Lipinski definition) is 1. The highest BCUT2D eigenvalue weighted by Gasteiger charge is 2.16. The van der Waals surface area contributed by atoms with E-state index in [0.29, 0.717) is 17.1 Å². The Hall–Kier alpha value is -4.36. The van der Waals surface area contributed by atoms with E-state index in [1.165, 1.54) is 6.21 Å². The smallest absolute Gasteiger partial charge is 0.345 e. The highest BCUT2D eigenvalue weighted by atomic mass is 35.5. The predicted molar refractivity (Wildman–Crippen MR) is 135 cm³/mol. The lowest BCUT2D eigenvalue weighted by Crippen LogP contribution is -2.24. The number of ether oxygens (including phenoxy) is 3. The van der Waals surface area contributed by atoms with Crippen LogP contribution in [-0.4, -0.2) is 31.8 Å². The van der Waals surface area contributed by atoms with Crippen LogP contribution in [0.3, 0.4) is 0 Å². The zero-order chi connectivity index (χ0) is 24.6. The van der Waals surface area contributed by atoms with Crippen LogP contribution < -0.4 is 19.6 Å². The molecule has 0 heterocycles. The average molecular weight is 489 g/mol. The van der Waals surface area contributed by atoms with Crippen molar-refractivity contribution in [3.63, 3.8) is 0 Å². The van der Waals surface area contributed by atoms with Crippen LogP contribution >= 0.6 is 11.6 Å². The Bertz CT molecular complexity index is 1390. The molecule has 0 saturated carbocycles. The van der Waals surface area contributed by atoms with E-state index in [2.05, 4.69) is 10.5 Å². The van der Waals surface area contributed by atoms with Gasteiger partial charge in [-0.05, 0) is 53.2 Å². The number of benzene rings is 4. The number of esters is 1. The molecule has 1 amide bonds. The number of nitrogens with zero attached hydrogens (tertiary/aromatic N) is 1. The summed E-state index contributed by atoms with van der Waals surface area (Å²) in [7, 11) is 1.57. The Morgan fingerprint density at radius 3 is 2.40 bits per heavy atom. The standard InChI is InChI=1S/C27H21ClN2O5/c1-33-19-11-13-20(14-12-19)34-17-26(31)30-29-16-23-21-7-3-2-6-18(21)10-15-25(23)35-27(32)22-8-4-5-9-24(22)28/h2-16H,17H2,1H3,(H,30,31)/b29-16-. The Morgan fingerprint density at radius 2 is 1.63 bits per heavy atom. The van der Waals surface area contributed by atoms with E-state index in [0.717, 1.165) is 10.8 Å². The Balaban J connectivity index is 1.49. The second-order valence-corrected chi connectivity index (χ2v) is 7.73. The maximum atomic E-state index is 12.7. The molecule has 0 saturated heterocycles. The minimum absolute atomic E-state index is 0.229.